The summed E-state index contributed by atoms with van der Waals surface area (Å²) in [5.74, 6) is 1.04. The molecule has 6 aliphatic carbocycles. The second-order valence-corrected chi connectivity index (χ2v) is 17.0. The van der Waals surface area contributed by atoms with Crippen LogP contribution < -0.4 is 5.73 Å². The maximum atomic E-state index is 13.8. The van der Waals surface area contributed by atoms with E-state index in [1.165, 1.54) is 36.0 Å². The van der Waals surface area contributed by atoms with Crippen LogP contribution in [0.2, 0.25) is 0 Å². The summed E-state index contributed by atoms with van der Waals surface area (Å²) >= 11 is 0. The van der Waals surface area contributed by atoms with Crippen molar-refractivity contribution in [3.63, 3.8) is 0 Å². The van der Waals surface area contributed by atoms with E-state index in [9.17, 15) is 19.1 Å². The number of Topliss-reactive ketones (excluding diaryl/α,β-unsaturated/α-hetero) is 1. The van der Waals surface area contributed by atoms with E-state index in [0.717, 1.165) is 31.3 Å². The predicted octanol–water partition coefficient (Wildman–Crippen LogP) is 8.37. The smallest absolute Gasteiger partial charge is 0.312 e. The number of nitrogens with two attached hydrogens (primary N) is 1. The van der Waals surface area contributed by atoms with Crippen molar-refractivity contribution in [2.24, 2.45) is 56.5 Å². The molecule has 0 aromatic carbocycles. The number of carbonyl (C=O) groups excluding carboxylic acids is 1. The van der Waals surface area contributed by atoms with E-state index >= 15 is 0 Å². The van der Waals surface area contributed by atoms with Crippen molar-refractivity contribution in [2.45, 2.75) is 125 Å². The topological polar surface area (TPSA) is 80.4 Å². The molecule has 5 heteroatoms. The first-order valence-electron chi connectivity index (χ1n) is 16.8. The highest BCUT2D eigenvalue weighted by molar-refractivity contribution is 6.01. The molecule has 0 aromatic heterocycles. The molecule has 232 valence electrons. The average Bonchev–Trinajstić information content (AvgIpc) is 3.19. The van der Waals surface area contributed by atoms with Gasteiger partial charge in [-0.2, -0.15) is 0 Å². The fraction of sp³-hybridized carbons (Fsp3) is 0.784. The quantitative estimate of drug-likeness (QED) is 0.351. The molecule has 8 atom stereocenters. The molecule has 0 unspecified atom stereocenters. The van der Waals surface area contributed by atoms with Crippen molar-refractivity contribution in [3.8, 4) is 0 Å². The maximum absolute atomic E-state index is 13.8. The van der Waals surface area contributed by atoms with E-state index in [2.05, 4.69) is 60.6 Å². The number of hydrogen-bond acceptors (Lipinski definition) is 3. The van der Waals surface area contributed by atoms with E-state index in [-0.39, 0.29) is 34.0 Å². The summed E-state index contributed by atoms with van der Waals surface area (Å²) in [7, 11) is 0. The Bertz CT molecular complexity index is 1310. The summed E-state index contributed by atoms with van der Waals surface area (Å²) in [5.41, 5.74) is 10.9. The lowest BCUT2D eigenvalue weighted by molar-refractivity contribution is -0.195. The molecule has 0 saturated heterocycles. The summed E-state index contributed by atoms with van der Waals surface area (Å²) in [5, 5.41) is 9.72. The molecule has 0 amide bonds. The molecule has 3 N–H and O–H groups in total. The molecule has 0 heterocycles. The van der Waals surface area contributed by atoms with Crippen LogP contribution in [0.3, 0.4) is 0 Å². The number of rotatable bonds is 4. The summed E-state index contributed by atoms with van der Waals surface area (Å²) in [4.78, 5) is 25.2. The van der Waals surface area contributed by atoms with Crippen LogP contribution in [0, 0.1) is 50.7 Å². The lowest BCUT2D eigenvalue weighted by atomic mass is 9.33. The van der Waals surface area contributed by atoms with Crippen molar-refractivity contribution in [1.29, 1.82) is 0 Å². The maximum Gasteiger partial charge on any atom is 0.312 e. The van der Waals surface area contributed by atoms with Crippen LogP contribution in [0.4, 0.5) is 4.39 Å². The lowest BCUT2D eigenvalue weighted by Crippen LogP contribution is -2.65. The molecule has 0 aromatic rings. The second-order valence-electron chi connectivity index (χ2n) is 17.0. The van der Waals surface area contributed by atoms with Crippen molar-refractivity contribution in [2.75, 3.05) is 6.67 Å². The zero-order valence-corrected chi connectivity index (χ0v) is 27.2. The lowest BCUT2D eigenvalue weighted by Gasteiger charge is -2.71. The highest BCUT2D eigenvalue weighted by Crippen LogP contribution is 2.75. The van der Waals surface area contributed by atoms with Crippen LogP contribution in [0.15, 0.2) is 34.4 Å². The van der Waals surface area contributed by atoms with Crippen molar-refractivity contribution < 1.29 is 19.1 Å². The Labute approximate surface area is 252 Å². The highest BCUT2D eigenvalue weighted by atomic mass is 19.1. The Balaban J connectivity index is 1.35. The third kappa shape index (κ3) is 3.73. The zero-order valence-electron chi connectivity index (χ0n) is 27.2. The fourth-order valence-electron chi connectivity index (χ4n) is 12.3. The number of carbonyl (C=O) groups is 2. The number of allylic oxidation sites excluding steroid dienone is 5. The van der Waals surface area contributed by atoms with Crippen LogP contribution in [0.1, 0.15) is 119 Å². The number of ketones is 1. The number of carboxylic acids is 1. The van der Waals surface area contributed by atoms with Crippen LogP contribution >= 0.6 is 0 Å². The van der Waals surface area contributed by atoms with Crippen LogP contribution in [-0.4, -0.2) is 29.1 Å². The van der Waals surface area contributed by atoms with E-state index < -0.39 is 23.6 Å². The molecule has 3 saturated carbocycles. The Morgan fingerprint density at radius 2 is 1.69 bits per heavy atom. The number of fused-ring (bicyclic) bond motifs is 7. The molecular formula is C37H54FNO3. The molecule has 3 fully saturated rings. The Morgan fingerprint density at radius 1 is 0.976 bits per heavy atom. The van der Waals surface area contributed by atoms with Gasteiger partial charge in [0.1, 0.15) is 6.67 Å². The number of halogens is 1. The van der Waals surface area contributed by atoms with Gasteiger partial charge in [-0.05, 0) is 132 Å². The first-order chi connectivity index (χ1) is 19.5. The van der Waals surface area contributed by atoms with Gasteiger partial charge in [-0.3, -0.25) is 9.59 Å². The average molecular weight is 580 g/mol. The van der Waals surface area contributed by atoms with E-state index in [1.807, 2.05) is 0 Å². The van der Waals surface area contributed by atoms with Gasteiger partial charge in [0.15, 0.2) is 5.78 Å². The largest absolute Gasteiger partial charge is 0.481 e. The Kier molecular flexibility index (Phi) is 6.76. The predicted molar refractivity (Wildman–Crippen MR) is 165 cm³/mol. The van der Waals surface area contributed by atoms with E-state index in [1.54, 1.807) is 0 Å². The van der Waals surface area contributed by atoms with Gasteiger partial charge in [0, 0.05) is 12.0 Å². The molecule has 42 heavy (non-hydrogen) atoms. The minimum atomic E-state index is -1.26. The minimum absolute atomic E-state index is 0.0267. The summed E-state index contributed by atoms with van der Waals surface area (Å²) < 4.78 is 13.8. The Morgan fingerprint density at radius 3 is 2.29 bits per heavy atom. The molecule has 0 bridgehead atoms. The van der Waals surface area contributed by atoms with Gasteiger partial charge in [-0.15, -0.1) is 0 Å². The SMILES string of the molecule is CC(C)C1=C2[C@H]3CC[C@@H]4[C@@]5(C)CC=C(C6=CC[C@](CF)(C(=O)O)CC6)C(C)(C)[C@@H]5CC[C@@]4(C)[C@]3(C)CC[C@@]2(N)CC1=O. The standard InChI is InChI=1S/C37H54FNO3/c1-22(2)29-26(40)20-37(39)19-18-34(6)25(30(29)37)8-9-28-33(5)14-12-24(32(3,4)27(33)13-15-35(28,34)7)23-10-16-36(21-38,17-11-23)31(41)42/h10,12,22,25,27-28H,8-9,11,13-21,39H2,1-7H3,(H,41,42)/t25-,27+,28-,33+,34-,35-,36+,37-/m1/s1. The molecule has 0 radical (unpaired) electrons. The third-order valence-corrected chi connectivity index (χ3v) is 14.7. The molecule has 4 nitrogen and oxygen atoms in total. The highest BCUT2D eigenvalue weighted by Gasteiger charge is 2.69. The van der Waals surface area contributed by atoms with Gasteiger partial charge in [0.2, 0.25) is 0 Å². The summed E-state index contributed by atoms with van der Waals surface area (Å²) in [6.45, 7) is 16.1. The van der Waals surface area contributed by atoms with Gasteiger partial charge in [-0.25, -0.2) is 4.39 Å². The van der Waals surface area contributed by atoms with Gasteiger partial charge in [-0.1, -0.05) is 60.6 Å². The van der Waals surface area contributed by atoms with Crippen LogP contribution in [0.25, 0.3) is 0 Å². The van der Waals surface area contributed by atoms with E-state index in [0.29, 0.717) is 42.8 Å². The molecule has 6 aliphatic rings. The first kappa shape index (κ1) is 30.3. The Hall–Kier alpha value is -1.75. The molecule has 0 aliphatic heterocycles. The molecule has 6 rings (SSSR count). The van der Waals surface area contributed by atoms with Gasteiger partial charge >= 0.3 is 5.97 Å². The third-order valence-electron chi connectivity index (χ3n) is 14.7. The molecule has 0 spiro atoms. The number of alkyl halides is 1. The van der Waals surface area contributed by atoms with Crippen LogP contribution in [-0.2, 0) is 9.59 Å². The fourth-order valence-corrected chi connectivity index (χ4v) is 12.3. The second kappa shape index (κ2) is 9.38. The van der Waals surface area contributed by atoms with Crippen molar-refractivity contribution in [1.82, 2.24) is 0 Å². The number of carboxylic acid groups (broad SMARTS) is 1. The normalized spacial score (nSPS) is 46.3. The van der Waals surface area contributed by atoms with Crippen molar-refractivity contribution in [3.05, 3.63) is 34.4 Å². The molecular weight excluding hydrogens is 525 g/mol. The van der Waals surface area contributed by atoms with E-state index in [4.69, 9.17) is 5.73 Å². The van der Waals surface area contributed by atoms with Gasteiger partial charge in [0.05, 0.1) is 5.41 Å². The first-order valence-corrected chi connectivity index (χ1v) is 16.8. The van der Waals surface area contributed by atoms with Gasteiger partial charge < -0.3 is 10.8 Å². The van der Waals surface area contributed by atoms with Crippen molar-refractivity contribution >= 4 is 11.8 Å². The zero-order chi connectivity index (χ0) is 30.7. The number of hydrogen-bond donors (Lipinski definition) is 2. The van der Waals surface area contributed by atoms with Crippen LogP contribution in [0.5, 0.6) is 0 Å². The minimum Gasteiger partial charge on any atom is -0.481 e. The number of aliphatic carboxylic acids is 1. The monoisotopic (exact) mass is 579 g/mol. The van der Waals surface area contributed by atoms with Gasteiger partial charge in [0.25, 0.3) is 0 Å². The summed E-state index contributed by atoms with van der Waals surface area (Å²) in [6.07, 6.45) is 14.1. The summed E-state index contributed by atoms with van der Waals surface area (Å²) in [6, 6.07) is 0.